The number of fused-ring (bicyclic) bond motifs is 1. The molecule has 0 saturated carbocycles. The zero-order valence-corrected chi connectivity index (χ0v) is 11.6. The molecule has 0 aliphatic rings. The van der Waals surface area contributed by atoms with Crippen LogP contribution in [0.4, 0.5) is 0 Å². The van der Waals surface area contributed by atoms with Crippen molar-refractivity contribution >= 4 is 10.8 Å². The van der Waals surface area contributed by atoms with Gasteiger partial charge < -0.3 is 4.74 Å². The number of hydrogen-bond acceptors (Lipinski definition) is 1. The third-order valence-electron chi connectivity index (χ3n) is 3.08. The fourth-order valence-corrected chi connectivity index (χ4v) is 2.11. The molecular weight excluding hydrogens is 220 g/mol. The Kier molecular flexibility index (Phi) is 3.90. The van der Waals surface area contributed by atoms with Gasteiger partial charge in [0.25, 0.3) is 0 Å². The van der Waals surface area contributed by atoms with Gasteiger partial charge in [0.2, 0.25) is 0 Å². The van der Waals surface area contributed by atoms with Crippen molar-refractivity contribution in [1.29, 1.82) is 0 Å². The first kappa shape index (κ1) is 12.9. The van der Waals surface area contributed by atoms with Crippen LogP contribution in [0.25, 0.3) is 10.8 Å². The van der Waals surface area contributed by atoms with Crippen LogP contribution in [0.2, 0.25) is 0 Å². The van der Waals surface area contributed by atoms with Gasteiger partial charge in [-0.3, -0.25) is 0 Å². The van der Waals surface area contributed by atoms with E-state index >= 15 is 0 Å². The normalized spacial score (nSPS) is 11.7. The highest BCUT2D eigenvalue weighted by Crippen LogP contribution is 2.26. The molecule has 2 aromatic carbocycles. The Morgan fingerprint density at radius 2 is 1.67 bits per heavy atom. The third kappa shape index (κ3) is 3.49. The molecule has 96 valence electrons. The van der Waals surface area contributed by atoms with E-state index < -0.39 is 0 Å². The Balaban J connectivity index is 2.00. The molecule has 0 aromatic heterocycles. The highest BCUT2D eigenvalue weighted by Gasteiger charge is 2.09. The van der Waals surface area contributed by atoms with Crippen LogP contribution in [0, 0.1) is 5.41 Å². The molecular formula is C17H22O. The van der Waals surface area contributed by atoms with E-state index in [1.54, 1.807) is 0 Å². The van der Waals surface area contributed by atoms with E-state index in [-0.39, 0.29) is 0 Å². The lowest BCUT2D eigenvalue weighted by Gasteiger charge is -2.18. The maximum atomic E-state index is 5.91. The standard InChI is InChI=1S/C17H22O/c1-17(2,3)12-7-13-18-16-11-6-9-14-8-4-5-10-15(14)16/h4-6,8-11H,7,12-13H2,1-3H3. The fraction of sp³-hybridized carbons (Fsp3) is 0.412. The van der Waals surface area contributed by atoms with E-state index in [1.807, 2.05) is 0 Å². The molecule has 0 bridgehead atoms. The molecule has 0 unspecified atom stereocenters. The van der Waals surface area contributed by atoms with Gasteiger partial charge >= 0.3 is 0 Å². The summed E-state index contributed by atoms with van der Waals surface area (Å²) >= 11 is 0. The van der Waals surface area contributed by atoms with E-state index in [4.69, 9.17) is 4.74 Å². The molecule has 18 heavy (non-hydrogen) atoms. The van der Waals surface area contributed by atoms with Crippen molar-refractivity contribution in [2.45, 2.75) is 33.6 Å². The van der Waals surface area contributed by atoms with Crippen molar-refractivity contribution in [2.75, 3.05) is 6.61 Å². The van der Waals surface area contributed by atoms with Gasteiger partial charge in [-0.05, 0) is 29.7 Å². The zero-order chi connectivity index (χ0) is 13.0. The number of hydrogen-bond donors (Lipinski definition) is 0. The van der Waals surface area contributed by atoms with E-state index in [1.165, 1.54) is 17.2 Å². The van der Waals surface area contributed by atoms with Crippen molar-refractivity contribution in [2.24, 2.45) is 5.41 Å². The van der Waals surface area contributed by atoms with Crippen molar-refractivity contribution in [3.8, 4) is 5.75 Å². The van der Waals surface area contributed by atoms with Crippen LogP contribution >= 0.6 is 0 Å². The molecule has 0 N–H and O–H groups in total. The van der Waals surface area contributed by atoms with E-state index in [2.05, 4.69) is 63.2 Å². The van der Waals surface area contributed by atoms with Crippen molar-refractivity contribution in [3.63, 3.8) is 0 Å². The highest BCUT2D eigenvalue weighted by atomic mass is 16.5. The predicted molar refractivity (Wildman–Crippen MR) is 78.1 cm³/mol. The van der Waals surface area contributed by atoms with Crippen LogP contribution < -0.4 is 4.74 Å². The van der Waals surface area contributed by atoms with Gasteiger partial charge in [-0.1, -0.05) is 57.2 Å². The summed E-state index contributed by atoms with van der Waals surface area (Å²) in [4.78, 5) is 0. The molecule has 1 nitrogen and oxygen atoms in total. The quantitative estimate of drug-likeness (QED) is 0.682. The minimum Gasteiger partial charge on any atom is -0.493 e. The summed E-state index contributed by atoms with van der Waals surface area (Å²) in [5.74, 6) is 1.00. The molecule has 0 amide bonds. The molecule has 0 spiro atoms. The van der Waals surface area contributed by atoms with Crippen LogP contribution in [-0.2, 0) is 0 Å². The molecule has 0 heterocycles. The van der Waals surface area contributed by atoms with E-state index in [0.29, 0.717) is 5.41 Å². The van der Waals surface area contributed by atoms with Crippen LogP contribution in [0.5, 0.6) is 5.75 Å². The van der Waals surface area contributed by atoms with Crippen molar-refractivity contribution in [3.05, 3.63) is 42.5 Å². The van der Waals surface area contributed by atoms with Gasteiger partial charge in [-0.25, -0.2) is 0 Å². The first-order valence-electron chi connectivity index (χ1n) is 6.67. The molecule has 0 radical (unpaired) electrons. The molecule has 0 saturated heterocycles. The lowest BCUT2D eigenvalue weighted by Crippen LogP contribution is -2.08. The summed E-state index contributed by atoms with van der Waals surface area (Å²) < 4.78 is 5.91. The molecule has 0 aliphatic carbocycles. The lowest BCUT2D eigenvalue weighted by atomic mass is 9.91. The largest absolute Gasteiger partial charge is 0.493 e. The summed E-state index contributed by atoms with van der Waals surface area (Å²) in [6.07, 6.45) is 2.30. The van der Waals surface area contributed by atoms with Crippen molar-refractivity contribution in [1.82, 2.24) is 0 Å². The second-order valence-electron chi connectivity index (χ2n) is 5.99. The zero-order valence-electron chi connectivity index (χ0n) is 11.6. The fourth-order valence-electron chi connectivity index (χ4n) is 2.11. The van der Waals surface area contributed by atoms with Gasteiger partial charge in [-0.15, -0.1) is 0 Å². The Hall–Kier alpha value is -1.50. The van der Waals surface area contributed by atoms with Gasteiger partial charge in [-0.2, -0.15) is 0 Å². The molecule has 0 aliphatic heterocycles. The average molecular weight is 242 g/mol. The minimum absolute atomic E-state index is 0.391. The van der Waals surface area contributed by atoms with Gasteiger partial charge in [0, 0.05) is 5.39 Å². The lowest BCUT2D eigenvalue weighted by molar-refractivity contribution is 0.271. The molecule has 0 atom stereocenters. The highest BCUT2D eigenvalue weighted by molar-refractivity contribution is 5.88. The Morgan fingerprint density at radius 1 is 0.944 bits per heavy atom. The number of ether oxygens (including phenoxy) is 1. The van der Waals surface area contributed by atoms with Gasteiger partial charge in [0.15, 0.2) is 0 Å². The van der Waals surface area contributed by atoms with Gasteiger partial charge in [0.1, 0.15) is 5.75 Å². The summed E-state index contributed by atoms with van der Waals surface area (Å²) in [5, 5.41) is 2.45. The second-order valence-corrected chi connectivity index (χ2v) is 5.99. The van der Waals surface area contributed by atoms with Crippen LogP contribution in [0.3, 0.4) is 0 Å². The summed E-state index contributed by atoms with van der Waals surface area (Å²) in [5.41, 5.74) is 0.391. The predicted octanol–water partition coefficient (Wildman–Crippen LogP) is 5.04. The average Bonchev–Trinajstić information content (AvgIpc) is 2.33. The summed E-state index contributed by atoms with van der Waals surface area (Å²) in [7, 11) is 0. The van der Waals surface area contributed by atoms with Gasteiger partial charge in [0.05, 0.1) is 6.61 Å². The molecule has 0 fully saturated rings. The monoisotopic (exact) mass is 242 g/mol. The number of benzene rings is 2. The summed E-state index contributed by atoms with van der Waals surface area (Å²) in [6.45, 7) is 7.60. The maximum absolute atomic E-state index is 5.91. The van der Waals surface area contributed by atoms with E-state index in [0.717, 1.165) is 18.8 Å². The SMILES string of the molecule is CC(C)(C)CCCOc1cccc2ccccc12. The maximum Gasteiger partial charge on any atom is 0.127 e. The first-order valence-corrected chi connectivity index (χ1v) is 6.67. The Labute approximate surface area is 110 Å². The topological polar surface area (TPSA) is 9.23 Å². The Morgan fingerprint density at radius 3 is 2.44 bits per heavy atom. The van der Waals surface area contributed by atoms with Crippen LogP contribution in [-0.4, -0.2) is 6.61 Å². The van der Waals surface area contributed by atoms with Crippen LogP contribution in [0.1, 0.15) is 33.6 Å². The van der Waals surface area contributed by atoms with Crippen molar-refractivity contribution < 1.29 is 4.74 Å². The smallest absolute Gasteiger partial charge is 0.127 e. The molecule has 2 rings (SSSR count). The molecule has 2 aromatic rings. The van der Waals surface area contributed by atoms with E-state index in [9.17, 15) is 0 Å². The second kappa shape index (κ2) is 5.43. The summed E-state index contributed by atoms with van der Waals surface area (Å²) in [6, 6.07) is 14.6. The minimum atomic E-state index is 0.391. The molecule has 1 heteroatoms. The third-order valence-corrected chi connectivity index (χ3v) is 3.08. The van der Waals surface area contributed by atoms with Crippen LogP contribution in [0.15, 0.2) is 42.5 Å². The Bertz CT molecular complexity index is 503. The first-order chi connectivity index (χ1) is 8.56. The number of rotatable bonds is 4.